The van der Waals surface area contributed by atoms with Gasteiger partial charge in [0.05, 0.1) is 19.1 Å². The number of carbonyl (C=O) groups excluding carboxylic acids is 1. The third-order valence-electron chi connectivity index (χ3n) is 3.44. The summed E-state index contributed by atoms with van der Waals surface area (Å²) in [6, 6.07) is 14.0. The molecule has 2 aromatic rings. The zero-order valence-electron chi connectivity index (χ0n) is 11.9. The molecule has 0 aliphatic carbocycles. The Kier molecular flexibility index (Phi) is 4.85. The highest BCUT2D eigenvalue weighted by molar-refractivity contribution is 5.71. The van der Waals surface area contributed by atoms with Gasteiger partial charge in [0.15, 0.2) is 0 Å². The molecular weight excluding hydrogens is 293 g/mol. The van der Waals surface area contributed by atoms with Crippen molar-refractivity contribution in [2.24, 2.45) is 0 Å². The molecule has 0 saturated carbocycles. The van der Waals surface area contributed by atoms with Crippen molar-refractivity contribution in [1.82, 2.24) is 0 Å². The first-order valence-electron chi connectivity index (χ1n) is 6.70. The number of hydrogen-bond donors (Lipinski definition) is 0. The third kappa shape index (κ3) is 3.87. The Hall–Kier alpha value is -2.30. The van der Waals surface area contributed by atoms with E-state index in [1.165, 1.54) is 19.2 Å². The molecule has 0 heterocycles. The number of esters is 1. The molecule has 0 spiro atoms. The van der Waals surface area contributed by atoms with Crippen molar-refractivity contribution >= 4 is 5.97 Å². The Bertz CT molecular complexity index is 619. The molecule has 2 nitrogen and oxygen atoms in total. The van der Waals surface area contributed by atoms with E-state index in [9.17, 15) is 18.0 Å². The minimum absolute atomic E-state index is 0.0753. The normalized spacial score (nSPS) is 12.7. The average molecular weight is 308 g/mol. The highest BCUT2D eigenvalue weighted by atomic mass is 19.4. The third-order valence-corrected chi connectivity index (χ3v) is 3.44. The molecule has 0 N–H and O–H groups in total. The van der Waals surface area contributed by atoms with Gasteiger partial charge in [-0.3, -0.25) is 4.79 Å². The first kappa shape index (κ1) is 16.1. The lowest BCUT2D eigenvalue weighted by molar-refractivity contribution is -0.141. The van der Waals surface area contributed by atoms with Gasteiger partial charge in [0.25, 0.3) is 0 Å². The van der Waals surface area contributed by atoms with Crippen LogP contribution in [0.1, 0.15) is 29.0 Å². The molecule has 0 saturated heterocycles. The molecule has 1 atom stereocenters. The lowest BCUT2D eigenvalue weighted by Gasteiger charge is -2.17. The molecule has 0 aliphatic rings. The van der Waals surface area contributed by atoms with Gasteiger partial charge in [0.1, 0.15) is 0 Å². The maximum absolute atomic E-state index is 12.6. The highest BCUT2D eigenvalue weighted by Gasteiger charge is 2.30. The number of hydrogen-bond acceptors (Lipinski definition) is 2. The van der Waals surface area contributed by atoms with Crippen LogP contribution in [0.4, 0.5) is 13.2 Å². The summed E-state index contributed by atoms with van der Waals surface area (Å²) in [5.74, 6) is -0.746. The number of rotatable bonds is 4. The van der Waals surface area contributed by atoms with Gasteiger partial charge in [0.2, 0.25) is 0 Å². The second kappa shape index (κ2) is 6.64. The summed E-state index contributed by atoms with van der Waals surface area (Å²) in [5, 5.41) is 0. The SMILES string of the molecule is COC(=O)CC(c1ccccc1)c1ccc(C(F)(F)F)cc1. The summed E-state index contributed by atoms with van der Waals surface area (Å²) >= 11 is 0. The molecule has 1 unspecified atom stereocenters. The number of methoxy groups -OCH3 is 1. The van der Waals surface area contributed by atoms with Crippen molar-refractivity contribution in [2.45, 2.75) is 18.5 Å². The van der Waals surface area contributed by atoms with Crippen molar-refractivity contribution < 1.29 is 22.7 Å². The molecule has 2 aromatic carbocycles. The van der Waals surface area contributed by atoms with E-state index < -0.39 is 17.7 Å². The van der Waals surface area contributed by atoms with Gasteiger partial charge in [-0.15, -0.1) is 0 Å². The summed E-state index contributed by atoms with van der Waals surface area (Å²) in [7, 11) is 1.29. The van der Waals surface area contributed by atoms with Crippen LogP contribution in [-0.4, -0.2) is 13.1 Å². The standard InChI is InChI=1S/C17H15F3O2/c1-22-16(21)11-15(12-5-3-2-4-6-12)13-7-9-14(10-8-13)17(18,19)20/h2-10,15H,11H2,1H3. The first-order chi connectivity index (χ1) is 10.4. The number of carbonyl (C=O) groups is 1. The fourth-order valence-electron chi connectivity index (χ4n) is 2.27. The minimum atomic E-state index is -4.37. The molecule has 0 fully saturated rings. The average Bonchev–Trinajstić information content (AvgIpc) is 2.52. The minimum Gasteiger partial charge on any atom is -0.469 e. The van der Waals surface area contributed by atoms with Crippen LogP contribution in [0.25, 0.3) is 0 Å². The second-order valence-corrected chi connectivity index (χ2v) is 4.86. The van der Waals surface area contributed by atoms with Gasteiger partial charge in [-0.05, 0) is 23.3 Å². The molecule has 2 rings (SSSR count). The maximum Gasteiger partial charge on any atom is 0.416 e. The predicted octanol–water partition coefficient (Wildman–Crippen LogP) is 4.40. The maximum atomic E-state index is 12.6. The highest BCUT2D eigenvalue weighted by Crippen LogP contribution is 2.33. The van der Waals surface area contributed by atoms with E-state index in [2.05, 4.69) is 4.74 Å². The van der Waals surface area contributed by atoms with Crippen LogP contribution < -0.4 is 0 Å². The predicted molar refractivity (Wildman–Crippen MR) is 76.4 cm³/mol. The molecular formula is C17H15F3O2. The van der Waals surface area contributed by atoms with Crippen LogP contribution in [0.15, 0.2) is 54.6 Å². The Morgan fingerprint density at radius 2 is 1.55 bits per heavy atom. The van der Waals surface area contributed by atoms with E-state index in [1.54, 1.807) is 0 Å². The van der Waals surface area contributed by atoms with E-state index in [-0.39, 0.29) is 12.3 Å². The largest absolute Gasteiger partial charge is 0.469 e. The van der Waals surface area contributed by atoms with E-state index in [0.29, 0.717) is 5.56 Å². The fraction of sp³-hybridized carbons (Fsp3) is 0.235. The molecule has 22 heavy (non-hydrogen) atoms. The van der Waals surface area contributed by atoms with Gasteiger partial charge in [-0.2, -0.15) is 13.2 Å². The molecule has 0 aliphatic heterocycles. The summed E-state index contributed by atoms with van der Waals surface area (Å²) < 4.78 is 42.6. The van der Waals surface area contributed by atoms with Gasteiger partial charge >= 0.3 is 12.1 Å². The Morgan fingerprint density at radius 1 is 1.00 bits per heavy atom. The van der Waals surface area contributed by atoms with Gasteiger partial charge in [0, 0.05) is 5.92 Å². The van der Waals surface area contributed by atoms with Gasteiger partial charge in [-0.1, -0.05) is 42.5 Å². The quantitative estimate of drug-likeness (QED) is 0.783. The van der Waals surface area contributed by atoms with Crippen LogP contribution in [0.3, 0.4) is 0 Å². The van der Waals surface area contributed by atoms with E-state index in [1.807, 2.05) is 30.3 Å². The molecule has 0 bridgehead atoms. The zero-order chi connectivity index (χ0) is 16.2. The Labute approximate surface area is 126 Å². The number of alkyl halides is 3. The summed E-state index contributed by atoms with van der Waals surface area (Å²) in [6.07, 6.45) is -4.30. The lowest BCUT2D eigenvalue weighted by atomic mass is 9.88. The lowest BCUT2D eigenvalue weighted by Crippen LogP contribution is -2.11. The number of halogens is 3. The summed E-state index contributed by atoms with van der Waals surface area (Å²) in [6.45, 7) is 0. The van der Waals surface area contributed by atoms with Crippen LogP contribution >= 0.6 is 0 Å². The number of ether oxygens (including phenoxy) is 1. The molecule has 0 aromatic heterocycles. The van der Waals surface area contributed by atoms with Gasteiger partial charge in [-0.25, -0.2) is 0 Å². The van der Waals surface area contributed by atoms with Crippen molar-refractivity contribution in [3.05, 3.63) is 71.3 Å². The summed E-state index contributed by atoms with van der Waals surface area (Å²) in [5.41, 5.74) is 0.790. The molecule has 116 valence electrons. The number of benzene rings is 2. The Balaban J connectivity index is 2.35. The first-order valence-corrected chi connectivity index (χ1v) is 6.70. The second-order valence-electron chi connectivity index (χ2n) is 4.86. The van der Waals surface area contributed by atoms with Gasteiger partial charge < -0.3 is 4.74 Å². The van der Waals surface area contributed by atoms with Crippen LogP contribution in [0.5, 0.6) is 0 Å². The Morgan fingerprint density at radius 3 is 2.05 bits per heavy atom. The van der Waals surface area contributed by atoms with Crippen LogP contribution in [0, 0.1) is 0 Å². The van der Waals surface area contributed by atoms with E-state index in [0.717, 1.165) is 17.7 Å². The van der Waals surface area contributed by atoms with E-state index in [4.69, 9.17) is 0 Å². The monoisotopic (exact) mass is 308 g/mol. The van der Waals surface area contributed by atoms with Crippen molar-refractivity contribution in [2.75, 3.05) is 7.11 Å². The summed E-state index contributed by atoms with van der Waals surface area (Å²) in [4.78, 5) is 11.6. The molecule has 0 amide bonds. The fourth-order valence-corrected chi connectivity index (χ4v) is 2.27. The topological polar surface area (TPSA) is 26.3 Å². The zero-order valence-corrected chi connectivity index (χ0v) is 11.9. The van der Waals surface area contributed by atoms with Crippen molar-refractivity contribution in [3.8, 4) is 0 Å². The molecule has 5 heteroatoms. The van der Waals surface area contributed by atoms with Crippen molar-refractivity contribution in [3.63, 3.8) is 0 Å². The van der Waals surface area contributed by atoms with E-state index >= 15 is 0 Å². The molecule has 0 radical (unpaired) electrons. The van der Waals surface area contributed by atoms with Crippen LogP contribution in [-0.2, 0) is 15.7 Å². The van der Waals surface area contributed by atoms with Crippen molar-refractivity contribution in [1.29, 1.82) is 0 Å². The van der Waals surface area contributed by atoms with Crippen LogP contribution in [0.2, 0.25) is 0 Å². The smallest absolute Gasteiger partial charge is 0.416 e.